The highest BCUT2D eigenvalue weighted by Gasteiger charge is 2.22. The number of nitrogens with one attached hydrogen (secondary N) is 1. The number of ether oxygens (including phenoxy) is 1. The molecule has 21 heavy (non-hydrogen) atoms. The molecule has 116 valence electrons. The number of halogens is 1. The summed E-state index contributed by atoms with van der Waals surface area (Å²) >= 11 is 3.60. The Kier molecular flexibility index (Phi) is 5.16. The molecule has 0 bridgehead atoms. The Bertz CT molecular complexity index is 489. The molecule has 1 saturated heterocycles. The molecule has 1 atom stereocenters. The van der Waals surface area contributed by atoms with Crippen LogP contribution in [0.4, 0.5) is 0 Å². The maximum Gasteiger partial charge on any atom is 0.127 e. The van der Waals surface area contributed by atoms with Crippen LogP contribution in [0.5, 0.6) is 5.75 Å². The van der Waals surface area contributed by atoms with Crippen molar-refractivity contribution in [3.8, 4) is 5.75 Å². The van der Waals surface area contributed by atoms with Crippen LogP contribution >= 0.6 is 15.9 Å². The summed E-state index contributed by atoms with van der Waals surface area (Å²) in [5.41, 5.74) is 2.52. The average molecular weight is 355 g/mol. The van der Waals surface area contributed by atoms with Gasteiger partial charge in [0.15, 0.2) is 0 Å². The zero-order valence-corrected chi connectivity index (χ0v) is 13.9. The van der Waals surface area contributed by atoms with Crippen LogP contribution in [0.3, 0.4) is 0 Å². The predicted molar refractivity (Wildman–Crippen MR) is 86.7 cm³/mol. The molecule has 0 aromatic heterocycles. The van der Waals surface area contributed by atoms with Crippen molar-refractivity contribution >= 4 is 15.9 Å². The SMILES string of the molecule is OCCN(Cc1cc(Br)cc2c1OCC2)CC1CCCN1. The molecule has 2 aliphatic heterocycles. The van der Waals surface area contributed by atoms with Gasteiger partial charge in [0.05, 0.1) is 13.2 Å². The van der Waals surface area contributed by atoms with Gasteiger partial charge in [0.1, 0.15) is 5.75 Å². The summed E-state index contributed by atoms with van der Waals surface area (Å²) in [6.45, 7) is 4.63. The average Bonchev–Trinajstić information content (AvgIpc) is 3.09. The van der Waals surface area contributed by atoms with E-state index in [1.54, 1.807) is 0 Å². The lowest BCUT2D eigenvalue weighted by atomic mass is 10.1. The molecule has 0 radical (unpaired) electrons. The topological polar surface area (TPSA) is 44.7 Å². The van der Waals surface area contributed by atoms with Crippen LogP contribution < -0.4 is 10.1 Å². The number of hydrogen-bond donors (Lipinski definition) is 2. The van der Waals surface area contributed by atoms with E-state index in [0.29, 0.717) is 12.6 Å². The molecule has 5 heteroatoms. The van der Waals surface area contributed by atoms with E-state index in [-0.39, 0.29) is 6.61 Å². The van der Waals surface area contributed by atoms with Crippen LogP contribution in [0.25, 0.3) is 0 Å². The molecule has 1 fully saturated rings. The van der Waals surface area contributed by atoms with Crippen LogP contribution in [0.1, 0.15) is 24.0 Å². The fraction of sp³-hybridized carbons (Fsp3) is 0.625. The first-order chi connectivity index (χ1) is 10.3. The molecule has 0 amide bonds. The van der Waals surface area contributed by atoms with Crippen LogP contribution in [-0.2, 0) is 13.0 Å². The molecule has 0 spiro atoms. The van der Waals surface area contributed by atoms with E-state index in [1.165, 1.54) is 24.0 Å². The van der Waals surface area contributed by atoms with Gasteiger partial charge >= 0.3 is 0 Å². The Morgan fingerprint density at radius 1 is 1.43 bits per heavy atom. The fourth-order valence-corrected chi connectivity index (χ4v) is 3.86. The van der Waals surface area contributed by atoms with Crippen LogP contribution in [0, 0.1) is 0 Å². The number of rotatable bonds is 6. The highest BCUT2D eigenvalue weighted by atomic mass is 79.9. The van der Waals surface area contributed by atoms with Gasteiger partial charge in [-0.1, -0.05) is 15.9 Å². The van der Waals surface area contributed by atoms with Gasteiger partial charge in [0.25, 0.3) is 0 Å². The third-order valence-electron chi connectivity index (χ3n) is 4.28. The Hall–Kier alpha value is -0.620. The molecule has 2 heterocycles. The van der Waals surface area contributed by atoms with E-state index in [9.17, 15) is 5.11 Å². The molecule has 0 saturated carbocycles. The Morgan fingerprint density at radius 2 is 2.33 bits per heavy atom. The van der Waals surface area contributed by atoms with Crippen molar-refractivity contribution < 1.29 is 9.84 Å². The lowest BCUT2D eigenvalue weighted by molar-refractivity contribution is 0.177. The number of fused-ring (bicyclic) bond motifs is 1. The second-order valence-electron chi connectivity index (χ2n) is 5.90. The number of hydrogen-bond acceptors (Lipinski definition) is 4. The molecule has 4 nitrogen and oxygen atoms in total. The van der Waals surface area contributed by atoms with E-state index in [4.69, 9.17) is 4.74 Å². The number of benzene rings is 1. The van der Waals surface area contributed by atoms with Gasteiger partial charge in [-0.15, -0.1) is 0 Å². The number of nitrogens with zero attached hydrogens (tertiary/aromatic N) is 1. The van der Waals surface area contributed by atoms with Crippen LogP contribution in [0.15, 0.2) is 16.6 Å². The summed E-state index contributed by atoms with van der Waals surface area (Å²) < 4.78 is 6.92. The van der Waals surface area contributed by atoms with Gasteiger partial charge < -0.3 is 15.2 Å². The molecule has 1 aromatic carbocycles. The molecule has 2 aliphatic rings. The summed E-state index contributed by atoms with van der Waals surface area (Å²) in [4.78, 5) is 2.33. The van der Waals surface area contributed by atoms with E-state index >= 15 is 0 Å². The van der Waals surface area contributed by atoms with E-state index in [2.05, 4.69) is 38.3 Å². The van der Waals surface area contributed by atoms with Gasteiger partial charge in [-0.3, -0.25) is 4.90 Å². The molecular weight excluding hydrogens is 332 g/mol. The monoisotopic (exact) mass is 354 g/mol. The summed E-state index contributed by atoms with van der Waals surface area (Å²) in [5, 5.41) is 12.9. The smallest absolute Gasteiger partial charge is 0.127 e. The van der Waals surface area contributed by atoms with Crippen molar-refractivity contribution in [2.45, 2.75) is 31.8 Å². The lowest BCUT2D eigenvalue weighted by Crippen LogP contribution is -2.38. The maximum absolute atomic E-state index is 9.33. The molecule has 3 rings (SSSR count). The fourth-order valence-electron chi connectivity index (χ4n) is 3.30. The molecule has 0 aliphatic carbocycles. The lowest BCUT2D eigenvalue weighted by Gasteiger charge is -2.25. The minimum atomic E-state index is 0.198. The first kappa shape index (κ1) is 15.3. The van der Waals surface area contributed by atoms with E-state index < -0.39 is 0 Å². The zero-order chi connectivity index (χ0) is 14.7. The van der Waals surface area contributed by atoms with Crippen molar-refractivity contribution in [3.05, 3.63) is 27.7 Å². The van der Waals surface area contributed by atoms with Crippen LogP contribution in [-0.4, -0.2) is 48.9 Å². The molecular formula is C16H23BrN2O2. The third-order valence-corrected chi connectivity index (χ3v) is 4.73. The Balaban J connectivity index is 1.72. The highest BCUT2D eigenvalue weighted by Crippen LogP contribution is 2.33. The normalized spacial score (nSPS) is 20.8. The second-order valence-corrected chi connectivity index (χ2v) is 6.82. The van der Waals surface area contributed by atoms with Crippen molar-refractivity contribution in [1.29, 1.82) is 0 Å². The summed E-state index contributed by atoms with van der Waals surface area (Å²) in [7, 11) is 0. The maximum atomic E-state index is 9.33. The minimum Gasteiger partial charge on any atom is -0.493 e. The van der Waals surface area contributed by atoms with E-state index in [0.717, 1.165) is 42.9 Å². The predicted octanol–water partition coefficient (Wildman–Crippen LogP) is 1.93. The first-order valence-electron chi connectivity index (χ1n) is 7.77. The van der Waals surface area contributed by atoms with Gasteiger partial charge in [0.2, 0.25) is 0 Å². The molecule has 2 N–H and O–H groups in total. The Labute approximate surface area is 134 Å². The van der Waals surface area contributed by atoms with Crippen LogP contribution in [0.2, 0.25) is 0 Å². The highest BCUT2D eigenvalue weighted by molar-refractivity contribution is 9.10. The minimum absolute atomic E-state index is 0.198. The van der Waals surface area contributed by atoms with Gasteiger partial charge in [0, 0.05) is 42.1 Å². The molecule has 1 unspecified atom stereocenters. The zero-order valence-electron chi connectivity index (χ0n) is 12.3. The Morgan fingerprint density at radius 3 is 3.10 bits per heavy atom. The first-order valence-corrected chi connectivity index (χ1v) is 8.56. The van der Waals surface area contributed by atoms with E-state index in [1.807, 2.05) is 0 Å². The molecule has 1 aromatic rings. The van der Waals surface area contributed by atoms with Gasteiger partial charge in [-0.05, 0) is 37.1 Å². The van der Waals surface area contributed by atoms with Gasteiger partial charge in [-0.2, -0.15) is 0 Å². The van der Waals surface area contributed by atoms with Gasteiger partial charge in [-0.25, -0.2) is 0 Å². The largest absolute Gasteiger partial charge is 0.493 e. The summed E-state index contributed by atoms with van der Waals surface area (Å²) in [6, 6.07) is 4.86. The van der Waals surface area contributed by atoms with Crippen molar-refractivity contribution in [1.82, 2.24) is 10.2 Å². The second kappa shape index (κ2) is 7.09. The number of aliphatic hydroxyl groups is 1. The third kappa shape index (κ3) is 3.77. The standard InChI is InChI=1S/C16H23BrN2O2/c17-14-8-12-3-7-21-16(12)13(9-14)10-19(5-6-20)11-15-2-1-4-18-15/h8-9,15,18,20H,1-7,10-11H2. The number of aliphatic hydroxyl groups excluding tert-OH is 1. The van der Waals surface area contributed by atoms with Crippen molar-refractivity contribution in [2.24, 2.45) is 0 Å². The quantitative estimate of drug-likeness (QED) is 0.819. The summed E-state index contributed by atoms with van der Waals surface area (Å²) in [5.74, 6) is 1.06. The van der Waals surface area contributed by atoms with Crippen molar-refractivity contribution in [2.75, 3.05) is 32.8 Å². The van der Waals surface area contributed by atoms with Crippen molar-refractivity contribution in [3.63, 3.8) is 0 Å². The summed E-state index contributed by atoms with van der Waals surface area (Å²) in [6.07, 6.45) is 3.48.